The van der Waals surface area contributed by atoms with Crippen LogP contribution >= 0.6 is 0 Å². The highest BCUT2D eigenvalue weighted by Gasteiger charge is 2.26. The molecule has 0 heterocycles. The van der Waals surface area contributed by atoms with Crippen LogP contribution in [0.5, 0.6) is 0 Å². The number of benzene rings is 1. The van der Waals surface area contributed by atoms with E-state index in [4.69, 9.17) is 0 Å². The Kier molecular flexibility index (Phi) is 4.99. The van der Waals surface area contributed by atoms with Crippen LogP contribution in [0.4, 0.5) is 11.4 Å². The molecule has 1 saturated carbocycles. The third kappa shape index (κ3) is 3.54. The lowest BCUT2D eigenvalue weighted by Crippen LogP contribution is -2.36. The zero-order valence-corrected chi connectivity index (χ0v) is 13.0. The summed E-state index contributed by atoms with van der Waals surface area (Å²) in [6.45, 7) is 0. The second-order valence-electron chi connectivity index (χ2n) is 5.25. The normalized spacial score (nSPS) is 22.3. The van der Waals surface area contributed by atoms with Gasteiger partial charge in [0.1, 0.15) is 5.69 Å². The largest absolute Gasteiger partial charge is 0.391 e. The van der Waals surface area contributed by atoms with E-state index in [1.807, 2.05) is 0 Å². The third-order valence-electron chi connectivity index (χ3n) is 3.82. The van der Waals surface area contributed by atoms with Gasteiger partial charge in [0.05, 0.1) is 22.0 Å². The van der Waals surface area contributed by atoms with E-state index in [9.17, 15) is 23.6 Å². The fourth-order valence-corrected chi connectivity index (χ4v) is 3.30. The Morgan fingerprint density at radius 3 is 2.59 bits per heavy atom. The highest BCUT2D eigenvalue weighted by Crippen LogP contribution is 2.30. The SMILES string of the molecule is CNS(=O)(=O)c1ccc(NC2CCCCC2O)c([N+](=O)[O-])c1. The molecule has 0 aromatic heterocycles. The number of hydrogen-bond acceptors (Lipinski definition) is 6. The van der Waals surface area contributed by atoms with E-state index in [1.165, 1.54) is 19.2 Å². The number of nitrogens with zero attached hydrogens (tertiary/aromatic N) is 1. The molecule has 0 amide bonds. The van der Waals surface area contributed by atoms with Crippen LogP contribution in [0.25, 0.3) is 0 Å². The fourth-order valence-electron chi connectivity index (χ4n) is 2.55. The van der Waals surface area contributed by atoms with Crippen molar-refractivity contribution < 1.29 is 18.4 Å². The maximum absolute atomic E-state index is 11.7. The van der Waals surface area contributed by atoms with Crippen LogP contribution in [0.3, 0.4) is 0 Å². The molecule has 122 valence electrons. The molecule has 2 unspecified atom stereocenters. The first kappa shape index (κ1) is 16.7. The van der Waals surface area contributed by atoms with E-state index in [-0.39, 0.29) is 22.3 Å². The molecule has 9 heteroatoms. The van der Waals surface area contributed by atoms with Crippen molar-refractivity contribution in [1.29, 1.82) is 0 Å². The number of rotatable bonds is 5. The van der Waals surface area contributed by atoms with Gasteiger partial charge in [0.2, 0.25) is 10.0 Å². The zero-order valence-electron chi connectivity index (χ0n) is 12.2. The lowest BCUT2D eigenvalue weighted by atomic mass is 9.92. The minimum absolute atomic E-state index is 0.170. The summed E-state index contributed by atoms with van der Waals surface area (Å²) in [6, 6.07) is 3.42. The van der Waals surface area contributed by atoms with Gasteiger partial charge >= 0.3 is 0 Å². The van der Waals surface area contributed by atoms with Crippen molar-refractivity contribution in [2.45, 2.75) is 42.7 Å². The topological polar surface area (TPSA) is 122 Å². The van der Waals surface area contributed by atoms with E-state index >= 15 is 0 Å². The second-order valence-corrected chi connectivity index (χ2v) is 7.13. The van der Waals surface area contributed by atoms with Gasteiger partial charge in [-0.05, 0) is 32.0 Å². The molecule has 0 radical (unpaired) electrons. The molecule has 22 heavy (non-hydrogen) atoms. The minimum Gasteiger partial charge on any atom is -0.391 e. The van der Waals surface area contributed by atoms with Gasteiger partial charge in [-0.25, -0.2) is 13.1 Å². The van der Waals surface area contributed by atoms with Gasteiger partial charge in [-0.15, -0.1) is 0 Å². The Balaban J connectivity index is 2.33. The Bertz CT molecular complexity index is 662. The molecule has 0 bridgehead atoms. The summed E-state index contributed by atoms with van der Waals surface area (Å²) in [5.74, 6) is 0. The molecule has 1 aromatic rings. The Labute approximate surface area is 128 Å². The number of anilines is 1. The van der Waals surface area contributed by atoms with Gasteiger partial charge < -0.3 is 10.4 Å². The van der Waals surface area contributed by atoms with E-state index < -0.39 is 21.1 Å². The number of nitro groups is 1. The van der Waals surface area contributed by atoms with Gasteiger partial charge in [-0.3, -0.25) is 10.1 Å². The summed E-state index contributed by atoms with van der Waals surface area (Å²) >= 11 is 0. The maximum atomic E-state index is 11.7. The molecule has 3 N–H and O–H groups in total. The second kappa shape index (κ2) is 6.59. The monoisotopic (exact) mass is 329 g/mol. The van der Waals surface area contributed by atoms with Gasteiger partial charge in [0.25, 0.3) is 5.69 Å². The zero-order chi connectivity index (χ0) is 16.3. The fraction of sp³-hybridized carbons (Fsp3) is 0.538. The lowest BCUT2D eigenvalue weighted by molar-refractivity contribution is -0.384. The average molecular weight is 329 g/mol. The smallest absolute Gasteiger partial charge is 0.293 e. The summed E-state index contributed by atoms with van der Waals surface area (Å²) in [4.78, 5) is 10.4. The number of hydrogen-bond donors (Lipinski definition) is 3. The molecular formula is C13H19N3O5S. The van der Waals surface area contributed by atoms with Crippen molar-refractivity contribution >= 4 is 21.4 Å². The minimum atomic E-state index is -3.75. The van der Waals surface area contributed by atoms with Crippen molar-refractivity contribution in [3.05, 3.63) is 28.3 Å². The van der Waals surface area contributed by atoms with Crippen LogP contribution in [0.1, 0.15) is 25.7 Å². The van der Waals surface area contributed by atoms with Crippen LogP contribution < -0.4 is 10.0 Å². The van der Waals surface area contributed by atoms with Crippen molar-refractivity contribution in [3.8, 4) is 0 Å². The van der Waals surface area contributed by atoms with E-state index in [1.54, 1.807) is 0 Å². The molecule has 1 aromatic carbocycles. The predicted molar refractivity (Wildman–Crippen MR) is 81.2 cm³/mol. The summed E-state index contributed by atoms with van der Waals surface area (Å²) in [6.07, 6.45) is 2.68. The molecular weight excluding hydrogens is 310 g/mol. The van der Waals surface area contributed by atoms with Crippen molar-refractivity contribution in [1.82, 2.24) is 4.72 Å². The Morgan fingerprint density at radius 1 is 1.32 bits per heavy atom. The molecule has 8 nitrogen and oxygen atoms in total. The number of aliphatic hydroxyl groups excluding tert-OH is 1. The van der Waals surface area contributed by atoms with Gasteiger partial charge in [0.15, 0.2) is 0 Å². The van der Waals surface area contributed by atoms with Crippen LogP contribution in [0, 0.1) is 10.1 Å². The molecule has 1 fully saturated rings. The van der Waals surface area contributed by atoms with Crippen LogP contribution in [0.15, 0.2) is 23.1 Å². The van der Waals surface area contributed by atoms with E-state index in [0.717, 1.165) is 25.3 Å². The Morgan fingerprint density at radius 2 is 2.00 bits per heavy atom. The van der Waals surface area contributed by atoms with Crippen molar-refractivity contribution in [2.75, 3.05) is 12.4 Å². The average Bonchev–Trinajstić information content (AvgIpc) is 2.49. The molecule has 0 aliphatic heterocycles. The molecule has 2 atom stereocenters. The summed E-state index contributed by atoms with van der Waals surface area (Å²) in [5, 5.41) is 24.1. The molecule has 1 aliphatic rings. The maximum Gasteiger partial charge on any atom is 0.293 e. The Hall–Kier alpha value is -1.71. The highest BCUT2D eigenvalue weighted by molar-refractivity contribution is 7.89. The molecule has 1 aliphatic carbocycles. The molecule has 0 spiro atoms. The van der Waals surface area contributed by atoms with Crippen molar-refractivity contribution in [2.24, 2.45) is 0 Å². The van der Waals surface area contributed by atoms with E-state index in [2.05, 4.69) is 10.0 Å². The third-order valence-corrected chi connectivity index (χ3v) is 5.23. The lowest BCUT2D eigenvalue weighted by Gasteiger charge is -2.29. The van der Waals surface area contributed by atoms with Crippen LogP contribution in [-0.4, -0.2) is 37.6 Å². The standard InChI is InChI=1S/C13H19N3O5S/c1-14-22(20,21)9-6-7-10(12(8-9)16(18)19)15-11-4-2-3-5-13(11)17/h6-8,11,13-15,17H,2-5H2,1H3. The summed E-state index contributed by atoms with van der Waals surface area (Å²) in [7, 11) is -2.50. The number of nitro benzene ring substituents is 1. The van der Waals surface area contributed by atoms with Gasteiger partial charge in [0, 0.05) is 6.07 Å². The predicted octanol–water partition coefficient (Wildman–Crippen LogP) is 1.22. The van der Waals surface area contributed by atoms with Crippen LogP contribution in [-0.2, 0) is 10.0 Å². The molecule has 0 saturated heterocycles. The highest BCUT2D eigenvalue weighted by atomic mass is 32.2. The summed E-state index contributed by atoms with van der Waals surface area (Å²) in [5.41, 5.74) is -0.111. The van der Waals surface area contributed by atoms with Crippen molar-refractivity contribution in [3.63, 3.8) is 0 Å². The van der Waals surface area contributed by atoms with Gasteiger partial charge in [-0.1, -0.05) is 12.8 Å². The molecule has 2 rings (SSSR count). The number of aliphatic hydroxyl groups is 1. The van der Waals surface area contributed by atoms with E-state index in [0.29, 0.717) is 6.42 Å². The number of nitrogens with one attached hydrogen (secondary N) is 2. The first-order chi connectivity index (χ1) is 10.3. The first-order valence-corrected chi connectivity index (χ1v) is 8.50. The summed E-state index contributed by atoms with van der Waals surface area (Å²) < 4.78 is 25.6. The van der Waals surface area contributed by atoms with Gasteiger partial charge in [-0.2, -0.15) is 0 Å². The van der Waals surface area contributed by atoms with Crippen LogP contribution in [0.2, 0.25) is 0 Å². The number of sulfonamides is 1. The first-order valence-electron chi connectivity index (χ1n) is 7.02. The quantitative estimate of drug-likeness (QED) is 0.551.